The van der Waals surface area contributed by atoms with Gasteiger partial charge in [-0.15, -0.1) is 10.2 Å². The highest BCUT2D eigenvalue weighted by Crippen LogP contribution is 2.40. The molecule has 0 radical (unpaired) electrons. The van der Waals surface area contributed by atoms with Crippen LogP contribution in [0.25, 0.3) is 11.6 Å². The van der Waals surface area contributed by atoms with Gasteiger partial charge in [0.05, 0.1) is 27.5 Å². The zero-order valence-electron chi connectivity index (χ0n) is 17.4. The predicted octanol–water partition coefficient (Wildman–Crippen LogP) is 2.93. The van der Waals surface area contributed by atoms with Crippen molar-refractivity contribution < 1.29 is 18.6 Å². The number of ether oxygens (including phenoxy) is 3. The van der Waals surface area contributed by atoms with Gasteiger partial charge in [-0.3, -0.25) is 9.88 Å². The second kappa shape index (κ2) is 9.08. The molecule has 1 aliphatic heterocycles. The molecular weight excluding hydrogens is 386 g/mol. The van der Waals surface area contributed by atoms with Gasteiger partial charge in [0, 0.05) is 30.4 Å². The largest absolute Gasteiger partial charge is 0.493 e. The van der Waals surface area contributed by atoms with Crippen molar-refractivity contribution in [3.8, 4) is 28.8 Å². The van der Waals surface area contributed by atoms with Gasteiger partial charge in [0.25, 0.3) is 5.89 Å². The van der Waals surface area contributed by atoms with Crippen molar-refractivity contribution in [1.82, 2.24) is 25.1 Å². The summed E-state index contributed by atoms with van der Waals surface area (Å²) in [4.78, 5) is 10.6. The van der Waals surface area contributed by atoms with Gasteiger partial charge in [0.15, 0.2) is 11.5 Å². The van der Waals surface area contributed by atoms with Crippen LogP contribution in [0.5, 0.6) is 17.2 Å². The molecule has 0 aliphatic carbocycles. The second-order valence-electron chi connectivity index (χ2n) is 7.08. The van der Waals surface area contributed by atoms with E-state index in [0.717, 1.165) is 38.0 Å². The molecule has 1 aliphatic rings. The van der Waals surface area contributed by atoms with Crippen LogP contribution in [0.2, 0.25) is 0 Å². The molecule has 1 saturated heterocycles. The van der Waals surface area contributed by atoms with Crippen molar-refractivity contribution in [3.63, 3.8) is 0 Å². The molecule has 0 saturated carbocycles. The Morgan fingerprint density at radius 2 is 1.80 bits per heavy atom. The summed E-state index contributed by atoms with van der Waals surface area (Å²) in [5.74, 6) is 3.31. The zero-order valence-corrected chi connectivity index (χ0v) is 17.4. The Morgan fingerprint density at radius 1 is 1.00 bits per heavy atom. The standard InChI is InChI=1S/C21H25N5O4/c1-27-17-5-4-15(18(28-2)19(17)29-3)13-26-10-6-14(7-11-26)20-24-25-21(30-20)16-12-22-8-9-23-16/h4-5,8-9,12,14H,6-7,10-11,13H2,1-3H3. The number of likely N-dealkylation sites (tertiary alicyclic amines) is 1. The highest BCUT2D eigenvalue weighted by molar-refractivity contribution is 5.55. The molecule has 9 heteroatoms. The van der Waals surface area contributed by atoms with Gasteiger partial charge in [-0.1, -0.05) is 6.07 Å². The van der Waals surface area contributed by atoms with Crippen molar-refractivity contribution in [3.05, 3.63) is 42.2 Å². The number of hydrogen-bond acceptors (Lipinski definition) is 9. The van der Waals surface area contributed by atoms with E-state index in [4.69, 9.17) is 18.6 Å². The maximum Gasteiger partial charge on any atom is 0.267 e. The highest BCUT2D eigenvalue weighted by atomic mass is 16.5. The molecule has 0 bridgehead atoms. The molecule has 2 aromatic heterocycles. The normalized spacial score (nSPS) is 15.2. The Balaban J connectivity index is 1.40. The van der Waals surface area contributed by atoms with Gasteiger partial charge in [0.1, 0.15) is 5.69 Å². The van der Waals surface area contributed by atoms with Crippen LogP contribution < -0.4 is 14.2 Å². The molecule has 0 N–H and O–H groups in total. The summed E-state index contributed by atoms with van der Waals surface area (Å²) in [6, 6.07) is 3.94. The lowest BCUT2D eigenvalue weighted by molar-refractivity contribution is 0.190. The van der Waals surface area contributed by atoms with Crippen LogP contribution in [0.15, 0.2) is 35.1 Å². The SMILES string of the molecule is COc1ccc(CN2CCC(c3nnc(-c4cnccn4)o3)CC2)c(OC)c1OC. The molecule has 4 rings (SSSR count). The number of hydrogen-bond donors (Lipinski definition) is 0. The van der Waals surface area contributed by atoms with Crippen molar-refractivity contribution in [2.45, 2.75) is 25.3 Å². The van der Waals surface area contributed by atoms with Crippen LogP contribution >= 0.6 is 0 Å². The smallest absolute Gasteiger partial charge is 0.267 e. The molecule has 1 fully saturated rings. The van der Waals surface area contributed by atoms with Crippen LogP contribution in [0.4, 0.5) is 0 Å². The third kappa shape index (κ3) is 4.06. The Bertz CT molecular complexity index is 971. The van der Waals surface area contributed by atoms with Crippen LogP contribution in [0.1, 0.15) is 30.2 Å². The summed E-state index contributed by atoms with van der Waals surface area (Å²) in [6.07, 6.45) is 6.73. The Kier molecular flexibility index (Phi) is 6.08. The molecule has 9 nitrogen and oxygen atoms in total. The first kappa shape index (κ1) is 20.1. The highest BCUT2D eigenvalue weighted by Gasteiger charge is 2.27. The minimum Gasteiger partial charge on any atom is -0.493 e. The second-order valence-corrected chi connectivity index (χ2v) is 7.08. The number of aromatic nitrogens is 4. The fourth-order valence-corrected chi connectivity index (χ4v) is 3.78. The van der Waals surface area contributed by atoms with E-state index in [1.165, 1.54) is 0 Å². The Labute approximate surface area is 175 Å². The van der Waals surface area contributed by atoms with Gasteiger partial charge in [-0.2, -0.15) is 0 Å². The average Bonchev–Trinajstić information content (AvgIpc) is 3.30. The number of rotatable bonds is 7. The summed E-state index contributed by atoms with van der Waals surface area (Å²) in [5.41, 5.74) is 1.66. The number of benzene rings is 1. The van der Waals surface area contributed by atoms with E-state index in [-0.39, 0.29) is 5.92 Å². The number of nitrogens with zero attached hydrogens (tertiary/aromatic N) is 5. The lowest BCUT2D eigenvalue weighted by atomic mass is 9.96. The van der Waals surface area contributed by atoms with Gasteiger partial charge < -0.3 is 18.6 Å². The third-order valence-corrected chi connectivity index (χ3v) is 5.34. The zero-order chi connectivity index (χ0) is 20.9. The summed E-state index contributed by atoms with van der Waals surface area (Å²) < 4.78 is 22.3. The first-order chi connectivity index (χ1) is 14.7. The van der Waals surface area contributed by atoms with Crippen LogP contribution in [0, 0.1) is 0 Å². The van der Waals surface area contributed by atoms with Crippen molar-refractivity contribution in [1.29, 1.82) is 0 Å². The first-order valence-corrected chi connectivity index (χ1v) is 9.83. The van der Waals surface area contributed by atoms with E-state index in [1.54, 1.807) is 39.9 Å². The summed E-state index contributed by atoms with van der Waals surface area (Å²) in [5, 5.41) is 8.37. The van der Waals surface area contributed by atoms with E-state index in [0.29, 0.717) is 34.7 Å². The minimum absolute atomic E-state index is 0.242. The van der Waals surface area contributed by atoms with Crippen LogP contribution in [-0.2, 0) is 6.54 Å². The fraction of sp³-hybridized carbons (Fsp3) is 0.429. The van der Waals surface area contributed by atoms with Gasteiger partial charge >= 0.3 is 0 Å². The summed E-state index contributed by atoms with van der Waals surface area (Å²) in [7, 11) is 4.89. The van der Waals surface area contributed by atoms with E-state index < -0.39 is 0 Å². The monoisotopic (exact) mass is 411 g/mol. The molecule has 3 aromatic rings. The summed E-state index contributed by atoms with van der Waals surface area (Å²) >= 11 is 0. The number of methoxy groups -OCH3 is 3. The van der Waals surface area contributed by atoms with Gasteiger partial charge in [-0.25, -0.2) is 4.98 Å². The third-order valence-electron chi connectivity index (χ3n) is 5.34. The first-order valence-electron chi connectivity index (χ1n) is 9.83. The maximum absolute atomic E-state index is 5.86. The van der Waals surface area contributed by atoms with Crippen LogP contribution in [0.3, 0.4) is 0 Å². The lowest BCUT2D eigenvalue weighted by Gasteiger charge is -2.31. The maximum atomic E-state index is 5.86. The molecule has 3 heterocycles. The molecule has 30 heavy (non-hydrogen) atoms. The Morgan fingerprint density at radius 3 is 2.47 bits per heavy atom. The van der Waals surface area contributed by atoms with E-state index in [2.05, 4.69) is 25.1 Å². The topological polar surface area (TPSA) is 95.6 Å². The average molecular weight is 411 g/mol. The molecule has 0 spiro atoms. The van der Waals surface area contributed by atoms with Crippen LogP contribution in [-0.4, -0.2) is 59.5 Å². The van der Waals surface area contributed by atoms with E-state index >= 15 is 0 Å². The molecule has 158 valence electrons. The van der Waals surface area contributed by atoms with Crippen molar-refractivity contribution in [2.75, 3.05) is 34.4 Å². The van der Waals surface area contributed by atoms with E-state index in [1.807, 2.05) is 12.1 Å². The molecule has 0 amide bonds. The summed E-state index contributed by atoms with van der Waals surface area (Å²) in [6.45, 7) is 2.61. The van der Waals surface area contributed by atoms with Crippen molar-refractivity contribution >= 4 is 0 Å². The quantitative estimate of drug-likeness (QED) is 0.581. The number of piperidine rings is 1. The molecule has 0 unspecified atom stereocenters. The van der Waals surface area contributed by atoms with E-state index in [9.17, 15) is 0 Å². The van der Waals surface area contributed by atoms with Gasteiger partial charge in [0.2, 0.25) is 11.6 Å². The lowest BCUT2D eigenvalue weighted by Crippen LogP contribution is -2.32. The molecule has 1 aromatic carbocycles. The van der Waals surface area contributed by atoms with Crippen molar-refractivity contribution in [2.24, 2.45) is 0 Å². The Hall–Kier alpha value is -3.20. The molecule has 0 atom stereocenters. The minimum atomic E-state index is 0.242. The fourth-order valence-electron chi connectivity index (χ4n) is 3.78. The predicted molar refractivity (Wildman–Crippen MR) is 109 cm³/mol. The van der Waals surface area contributed by atoms with Gasteiger partial charge in [-0.05, 0) is 32.0 Å². The molecular formula is C21H25N5O4.